The van der Waals surface area contributed by atoms with Crippen LogP contribution in [0.25, 0.3) is 0 Å². The molecule has 1 fully saturated rings. The lowest BCUT2D eigenvalue weighted by Gasteiger charge is -2.38. The fourth-order valence-electron chi connectivity index (χ4n) is 2.94. The summed E-state index contributed by atoms with van der Waals surface area (Å²) in [5, 5.41) is 0. The summed E-state index contributed by atoms with van der Waals surface area (Å²) in [5.41, 5.74) is 5.19. The molecule has 118 valence electrons. The molecule has 0 saturated carbocycles. The van der Waals surface area contributed by atoms with Crippen molar-refractivity contribution < 1.29 is 9.53 Å². The number of nitrogens with two attached hydrogens (primary N) is 1. The number of hydrogen-bond donors (Lipinski definition) is 1. The van der Waals surface area contributed by atoms with Crippen molar-refractivity contribution in [2.24, 2.45) is 11.7 Å². The molecule has 1 rings (SSSR count). The van der Waals surface area contributed by atoms with E-state index in [0.717, 1.165) is 25.3 Å². The minimum atomic E-state index is -0.836. The summed E-state index contributed by atoms with van der Waals surface area (Å²) < 4.78 is 5.01. The van der Waals surface area contributed by atoms with E-state index in [1.54, 1.807) is 6.92 Å². The van der Waals surface area contributed by atoms with Crippen molar-refractivity contribution in [3.63, 3.8) is 0 Å². The number of carbonyl (C=O) groups is 1. The smallest absolute Gasteiger partial charge is 0.325 e. The Hall–Kier alpha value is -0.610. The second-order valence-electron chi connectivity index (χ2n) is 6.49. The third-order valence-corrected chi connectivity index (χ3v) is 4.64. The zero-order chi connectivity index (χ0) is 15.2. The zero-order valence-electron chi connectivity index (χ0n) is 13.7. The van der Waals surface area contributed by atoms with Crippen LogP contribution in [-0.4, -0.2) is 42.1 Å². The van der Waals surface area contributed by atoms with Gasteiger partial charge in [0.2, 0.25) is 0 Å². The van der Waals surface area contributed by atoms with Crippen LogP contribution in [-0.2, 0) is 9.53 Å². The number of carbonyl (C=O) groups excluding carboxylic acids is 1. The van der Waals surface area contributed by atoms with Crippen molar-refractivity contribution in [2.75, 3.05) is 19.7 Å². The number of piperidine rings is 1. The molecule has 1 aliphatic heterocycles. The number of likely N-dealkylation sites (tertiary alicyclic amines) is 1. The lowest BCUT2D eigenvalue weighted by atomic mass is 9.91. The van der Waals surface area contributed by atoms with Gasteiger partial charge in [0.25, 0.3) is 0 Å². The molecular weight excluding hydrogens is 252 g/mol. The Bertz CT molecular complexity index is 305. The Kier molecular flexibility index (Phi) is 6.96. The summed E-state index contributed by atoms with van der Waals surface area (Å²) >= 11 is 0. The van der Waals surface area contributed by atoms with Crippen LogP contribution in [0.2, 0.25) is 0 Å². The molecule has 0 radical (unpaired) electrons. The SMILES string of the molecule is CCOC(=O)C(C)(N)CCCCN1CCCC(C)C1C. The normalized spacial score (nSPS) is 27.1. The quantitative estimate of drug-likeness (QED) is 0.576. The standard InChI is InChI=1S/C16H32N2O2/c1-5-20-15(19)16(4,17)10-6-7-11-18-12-8-9-13(2)14(18)3/h13-14H,5-12,17H2,1-4H3. The Morgan fingerprint density at radius 3 is 2.75 bits per heavy atom. The average molecular weight is 284 g/mol. The maximum Gasteiger partial charge on any atom is 0.325 e. The molecule has 1 saturated heterocycles. The van der Waals surface area contributed by atoms with Crippen molar-refractivity contribution in [3.05, 3.63) is 0 Å². The number of ether oxygens (including phenoxy) is 1. The van der Waals surface area contributed by atoms with E-state index in [1.807, 2.05) is 6.92 Å². The monoisotopic (exact) mass is 284 g/mol. The topological polar surface area (TPSA) is 55.6 Å². The van der Waals surface area contributed by atoms with Gasteiger partial charge in [-0.3, -0.25) is 4.79 Å². The number of nitrogens with zero attached hydrogens (tertiary/aromatic N) is 1. The summed E-state index contributed by atoms with van der Waals surface area (Å²) in [6, 6.07) is 0.679. The molecule has 4 heteroatoms. The molecule has 0 aliphatic carbocycles. The molecule has 0 bridgehead atoms. The first-order valence-corrected chi connectivity index (χ1v) is 8.08. The highest BCUT2D eigenvalue weighted by atomic mass is 16.5. The lowest BCUT2D eigenvalue weighted by molar-refractivity contribution is -0.149. The molecular formula is C16H32N2O2. The zero-order valence-corrected chi connectivity index (χ0v) is 13.7. The molecule has 1 heterocycles. The second-order valence-corrected chi connectivity index (χ2v) is 6.49. The van der Waals surface area contributed by atoms with Crippen LogP contribution in [0.3, 0.4) is 0 Å². The van der Waals surface area contributed by atoms with Gasteiger partial charge in [-0.2, -0.15) is 0 Å². The predicted molar refractivity (Wildman–Crippen MR) is 82.5 cm³/mol. The highest BCUT2D eigenvalue weighted by molar-refractivity contribution is 5.79. The fraction of sp³-hybridized carbons (Fsp3) is 0.938. The third kappa shape index (κ3) is 5.06. The van der Waals surface area contributed by atoms with Gasteiger partial charge < -0.3 is 15.4 Å². The van der Waals surface area contributed by atoms with Gasteiger partial charge in [0.1, 0.15) is 5.54 Å². The molecule has 3 unspecified atom stereocenters. The molecule has 3 atom stereocenters. The summed E-state index contributed by atoms with van der Waals surface area (Å²) in [6.45, 7) is 11.0. The number of esters is 1. The molecule has 0 spiro atoms. The first-order chi connectivity index (χ1) is 9.38. The molecule has 20 heavy (non-hydrogen) atoms. The second kappa shape index (κ2) is 7.99. The van der Waals surface area contributed by atoms with Crippen molar-refractivity contribution in [3.8, 4) is 0 Å². The van der Waals surface area contributed by atoms with Gasteiger partial charge in [0.15, 0.2) is 0 Å². The van der Waals surface area contributed by atoms with Crippen LogP contribution < -0.4 is 5.73 Å². The van der Waals surface area contributed by atoms with Gasteiger partial charge in [-0.15, -0.1) is 0 Å². The van der Waals surface area contributed by atoms with E-state index in [2.05, 4.69) is 18.7 Å². The largest absolute Gasteiger partial charge is 0.465 e. The first kappa shape index (κ1) is 17.4. The Labute approximate surface area is 124 Å². The van der Waals surface area contributed by atoms with Crippen LogP contribution in [0, 0.1) is 5.92 Å². The van der Waals surface area contributed by atoms with Crippen LogP contribution in [0.5, 0.6) is 0 Å². The fourth-order valence-corrected chi connectivity index (χ4v) is 2.94. The molecule has 0 amide bonds. The summed E-state index contributed by atoms with van der Waals surface area (Å²) in [5.74, 6) is 0.517. The van der Waals surface area contributed by atoms with Crippen molar-refractivity contribution in [1.82, 2.24) is 4.90 Å². The summed E-state index contributed by atoms with van der Waals surface area (Å²) in [6.07, 6.45) is 5.43. The van der Waals surface area contributed by atoms with Gasteiger partial charge in [0, 0.05) is 6.04 Å². The Balaban J connectivity index is 2.25. The number of rotatable bonds is 7. The van der Waals surface area contributed by atoms with E-state index in [1.165, 1.54) is 19.4 Å². The maximum atomic E-state index is 11.7. The van der Waals surface area contributed by atoms with Gasteiger partial charge in [0.05, 0.1) is 6.61 Å². The minimum Gasteiger partial charge on any atom is -0.465 e. The van der Waals surface area contributed by atoms with E-state index < -0.39 is 5.54 Å². The van der Waals surface area contributed by atoms with Crippen LogP contribution in [0.4, 0.5) is 0 Å². The molecule has 0 aromatic rings. The maximum absolute atomic E-state index is 11.7. The first-order valence-electron chi connectivity index (χ1n) is 8.08. The highest BCUT2D eigenvalue weighted by Crippen LogP contribution is 2.23. The van der Waals surface area contributed by atoms with E-state index in [4.69, 9.17) is 10.5 Å². The Morgan fingerprint density at radius 2 is 2.10 bits per heavy atom. The van der Waals surface area contributed by atoms with Crippen LogP contribution in [0.15, 0.2) is 0 Å². The van der Waals surface area contributed by atoms with E-state index in [0.29, 0.717) is 19.1 Å². The molecule has 1 aliphatic rings. The van der Waals surface area contributed by atoms with Gasteiger partial charge >= 0.3 is 5.97 Å². The van der Waals surface area contributed by atoms with Gasteiger partial charge in [-0.1, -0.05) is 6.92 Å². The minimum absolute atomic E-state index is 0.278. The number of unbranched alkanes of at least 4 members (excludes halogenated alkanes) is 1. The van der Waals surface area contributed by atoms with Gasteiger partial charge in [-0.25, -0.2) is 0 Å². The molecule has 0 aromatic carbocycles. The van der Waals surface area contributed by atoms with Crippen molar-refractivity contribution >= 4 is 5.97 Å². The third-order valence-electron chi connectivity index (χ3n) is 4.64. The summed E-state index contributed by atoms with van der Waals surface area (Å²) in [7, 11) is 0. The molecule has 2 N–H and O–H groups in total. The molecule has 4 nitrogen and oxygen atoms in total. The number of hydrogen-bond acceptors (Lipinski definition) is 4. The van der Waals surface area contributed by atoms with Crippen molar-refractivity contribution in [2.45, 2.75) is 71.4 Å². The van der Waals surface area contributed by atoms with E-state index in [-0.39, 0.29) is 5.97 Å². The predicted octanol–water partition coefficient (Wildman–Crippen LogP) is 2.56. The van der Waals surface area contributed by atoms with E-state index in [9.17, 15) is 4.79 Å². The lowest BCUT2D eigenvalue weighted by Crippen LogP contribution is -2.46. The molecule has 0 aromatic heterocycles. The van der Waals surface area contributed by atoms with Crippen LogP contribution in [0.1, 0.15) is 59.8 Å². The highest BCUT2D eigenvalue weighted by Gasteiger charge is 2.29. The Morgan fingerprint density at radius 1 is 1.40 bits per heavy atom. The van der Waals surface area contributed by atoms with Crippen LogP contribution >= 0.6 is 0 Å². The van der Waals surface area contributed by atoms with Gasteiger partial charge in [-0.05, 0) is 71.9 Å². The van der Waals surface area contributed by atoms with E-state index >= 15 is 0 Å². The summed E-state index contributed by atoms with van der Waals surface area (Å²) in [4.78, 5) is 14.3. The van der Waals surface area contributed by atoms with Crippen molar-refractivity contribution in [1.29, 1.82) is 0 Å². The average Bonchev–Trinajstić information content (AvgIpc) is 2.39.